The maximum absolute atomic E-state index is 13.1. The molecule has 26 heavy (non-hydrogen) atoms. The Balaban J connectivity index is 1.95. The molecule has 0 bridgehead atoms. The van der Waals surface area contributed by atoms with E-state index < -0.39 is 16.1 Å². The number of rotatable bonds is 5. The van der Waals surface area contributed by atoms with Crippen LogP contribution >= 0.6 is 0 Å². The molecule has 140 valence electrons. The van der Waals surface area contributed by atoms with Crippen LogP contribution in [0.4, 0.5) is 0 Å². The fraction of sp³-hybridized carbons (Fsp3) is 0.444. The molecule has 2 aromatic rings. The van der Waals surface area contributed by atoms with Crippen molar-refractivity contribution in [3.63, 3.8) is 0 Å². The minimum atomic E-state index is -3.96. The van der Waals surface area contributed by atoms with Crippen LogP contribution in [0.2, 0.25) is 0 Å². The summed E-state index contributed by atoms with van der Waals surface area (Å²) in [5.74, 6) is -0.0292. The molecule has 1 saturated heterocycles. The number of sulfonamides is 1. The zero-order valence-electron chi connectivity index (χ0n) is 14.9. The van der Waals surface area contributed by atoms with Gasteiger partial charge in [-0.25, -0.2) is 8.42 Å². The average Bonchev–Trinajstić information content (AvgIpc) is 3.00. The molecule has 1 fully saturated rings. The number of hydrogen-bond donors (Lipinski definition) is 1. The van der Waals surface area contributed by atoms with Crippen LogP contribution in [0.3, 0.4) is 0 Å². The molecule has 0 aliphatic carbocycles. The van der Waals surface area contributed by atoms with E-state index in [1.54, 1.807) is 43.0 Å². The van der Waals surface area contributed by atoms with Gasteiger partial charge in [0.1, 0.15) is 16.6 Å². The number of amides is 1. The number of nitrogens with zero attached hydrogens (tertiary/aromatic N) is 2. The maximum atomic E-state index is 13.1. The van der Waals surface area contributed by atoms with Crippen molar-refractivity contribution in [2.75, 3.05) is 13.1 Å². The second-order valence-corrected chi connectivity index (χ2v) is 8.16. The van der Waals surface area contributed by atoms with Gasteiger partial charge in [-0.05, 0) is 38.7 Å². The quantitative estimate of drug-likeness (QED) is 0.863. The van der Waals surface area contributed by atoms with Crippen molar-refractivity contribution >= 4 is 15.9 Å². The lowest BCUT2D eigenvalue weighted by Gasteiger charge is -2.30. The molecule has 1 atom stereocenters. The van der Waals surface area contributed by atoms with E-state index in [2.05, 4.69) is 9.88 Å². The molecule has 1 amide bonds. The Kier molecular flexibility index (Phi) is 5.43. The number of hydrogen-bond acceptors (Lipinski definition) is 5. The number of aryl methyl sites for hydroxylation is 2. The largest absolute Gasteiger partial charge is 0.360 e. The van der Waals surface area contributed by atoms with Gasteiger partial charge in [-0.2, -0.15) is 4.72 Å². The van der Waals surface area contributed by atoms with Crippen LogP contribution in [-0.2, 0) is 14.8 Å². The maximum Gasteiger partial charge on any atom is 0.247 e. The van der Waals surface area contributed by atoms with Gasteiger partial charge < -0.3 is 9.42 Å². The molecule has 1 aliphatic rings. The molecule has 0 spiro atoms. The highest BCUT2D eigenvalue weighted by Crippen LogP contribution is 2.24. The predicted molar refractivity (Wildman–Crippen MR) is 95.9 cm³/mol. The highest BCUT2D eigenvalue weighted by molar-refractivity contribution is 7.89. The van der Waals surface area contributed by atoms with E-state index in [4.69, 9.17) is 4.52 Å². The topological polar surface area (TPSA) is 92.5 Å². The first-order chi connectivity index (χ1) is 12.4. The minimum absolute atomic E-state index is 0.00937. The summed E-state index contributed by atoms with van der Waals surface area (Å²) in [5.41, 5.74) is 0.880. The SMILES string of the molecule is Cc1noc(C)c1S(=O)(=O)N[C@H](C(=O)N1CCCCC1)c1ccccc1. The highest BCUT2D eigenvalue weighted by atomic mass is 32.2. The second kappa shape index (κ2) is 7.59. The van der Waals surface area contributed by atoms with Gasteiger partial charge >= 0.3 is 0 Å². The number of benzene rings is 1. The Morgan fingerprint density at radius 2 is 1.81 bits per heavy atom. The first-order valence-corrected chi connectivity index (χ1v) is 10.2. The summed E-state index contributed by atoms with van der Waals surface area (Å²) in [4.78, 5) is 14.8. The van der Waals surface area contributed by atoms with E-state index in [9.17, 15) is 13.2 Å². The van der Waals surface area contributed by atoms with Crippen molar-refractivity contribution in [1.29, 1.82) is 0 Å². The molecule has 1 N–H and O–H groups in total. The molecule has 0 unspecified atom stereocenters. The average molecular weight is 377 g/mol. The van der Waals surface area contributed by atoms with Gasteiger partial charge in [0, 0.05) is 13.1 Å². The Hall–Kier alpha value is -2.19. The number of carbonyl (C=O) groups is 1. The molecule has 0 saturated carbocycles. The van der Waals surface area contributed by atoms with Crippen LogP contribution in [0.5, 0.6) is 0 Å². The van der Waals surface area contributed by atoms with Crippen molar-refractivity contribution in [3.8, 4) is 0 Å². The van der Waals surface area contributed by atoms with Crippen LogP contribution in [0.25, 0.3) is 0 Å². The standard InChI is InChI=1S/C18H23N3O4S/c1-13-17(14(2)25-19-13)26(23,24)20-16(15-9-5-3-6-10-15)18(22)21-11-7-4-8-12-21/h3,5-6,9-10,16,20H,4,7-8,11-12H2,1-2H3/t16-/m0/s1. The van der Waals surface area contributed by atoms with E-state index in [-0.39, 0.29) is 22.3 Å². The van der Waals surface area contributed by atoms with E-state index in [0.29, 0.717) is 18.7 Å². The van der Waals surface area contributed by atoms with E-state index in [1.807, 2.05) is 6.07 Å². The first-order valence-electron chi connectivity index (χ1n) is 8.69. The summed E-state index contributed by atoms with van der Waals surface area (Å²) in [6.45, 7) is 4.40. The van der Waals surface area contributed by atoms with Crippen LogP contribution in [0.15, 0.2) is 39.8 Å². The molecular formula is C18H23N3O4S. The zero-order valence-corrected chi connectivity index (χ0v) is 15.8. The van der Waals surface area contributed by atoms with Gasteiger partial charge in [0.2, 0.25) is 15.9 Å². The second-order valence-electron chi connectivity index (χ2n) is 6.50. The van der Waals surface area contributed by atoms with Gasteiger partial charge in [0.05, 0.1) is 0 Å². The van der Waals surface area contributed by atoms with Crippen LogP contribution in [0, 0.1) is 13.8 Å². The third-order valence-corrected chi connectivity index (χ3v) is 6.22. The lowest BCUT2D eigenvalue weighted by atomic mass is 10.0. The monoisotopic (exact) mass is 377 g/mol. The fourth-order valence-electron chi connectivity index (χ4n) is 3.28. The molecular weight excluding hydrogens is 354 g/mol. The van der Waals surface area contributed by atoms with Crippen molar-refractivity contribution in [2.24, 2.45) is 0 Å². The molecule has 0 radical (unpaired) electrons. The van der Waals surface area contributed by atoms with Gasteiger partial charge in [0.25, 0.3) is 0 Å². The Labute approximate surface area is 153 Å². The van der Waals surface area contributed by atoms with E-state index >= 15 is 0 Å². The third-order valence-electron chi connectivity index (χ3n) is 4.56. The third kappa shape index (κ3) is 3.81. The number of carbonyl (C=O) groups excluding carboxylic acids is 1. The number of nitrogens with one attached hydrogen (secondary N) is 1. The lowest BCUT2D eigenvalue weighted by Crippen LogP contribution is -2.45. The van der Waals surface area contributed by atoms with Gasteiger partial charge in [-0.15, -0.1) is 0 Å². The number of aromatic nitrogens is 1. The highest BCUT2D eigenvalue weighted by Gasteiger charge is 2.33. The van der Waals surface area contributed by atoms with Crippen molar-refractivity contribution in [1.82, 2.24) is 14.8 Å². The van der Waals surface area contributed by atoms with Gasteiger partial charge in [0.15, 0.2) is 5.76 Å². The first kappa shape index (κ1) is 18.6. The smallest absolute Gasteiger partial charge is 0.247 e. The van der Waals surface area contributed by atoms with E-state index in [0.717, 1.165) is 19.3 Å². The molecule has 3 rings (SSSR count). The molecule has 7 nitrogen and oxygen atoms in total. The Morgan fingerprint density at radius 3 is 2.38 bits per heavy atom. The number of piperidine rings is 1. The summed E-state index contributed by atoms with van der Waals surface area (Å²) >= 11 is 0. The fourth-order valence-corrected chi connectivity index (χ4v) is 4.78. The molecule has 1 aromatic carbocycles. The molecule has 2 heterocycles. The summed E-state index contributed by atoms with van der Waals surface area (Å²) in [6.07, 6.45) is 2.96. The van der Waals surface area contributed by atoms with Crippen molar-refractivity contribution in [2.45, 2.75) is 44.0 Å². The summed E-state index contributed by atoms with van der Waals surface area (Å²) in [7, 11) is -3.96. The van der Waals surface area contributed by atoms with Gasteiger partial charge in [-0.1, -0.05) is 35.5 Å². The lowest BCUT2D eigenvalue weighted by molar-refractivity contribution is -0.134. The summed E-state index contributed by atoms with van der Waals surface area (Å²) in [6, 6.07) is 7.93. The summed E-state index contributed by atoms with van der Waals surface area (Å²) < 4.78 is 33.4. The van der Waals surface area contributed by atoms with E-state index in [1.165, 1.54) is 0 Å². The predicted octanol–water partition coefficient (Wildman–Crippen LogP) is 2.32. The minimum Gasteiger partial charge on any atom is -0.360 e. The Bertz CT molecular complexity index is 852. The molecule has 8 heteroatoms. The van der Waals surface area contributed by atoms with Crippen molar-refractivity contribution in [3.05, 3.63) is 47.3 Å². The zero-order chi connectivity index (χ0) is 18.7. The normalized spacial score (nSPS) is 16.5. The van der Waals surface area contributed by atoms with Crippen LogP contribution in [0.1, 0.15) is 42.3 Å². The number of likely N-dealkylation sites (tertiary alicyclic amines) is 1. The molecule has 1 aliphatic heterocycles. The van der Waals surface area contributed by atoms with Crippen molar-refractivity contribution < 1.29 is 17.7 Å². The molecule has 1 aromatic heterocycles. The summed E-state index contributed by atoms with van der Waals surface area (Å²) in [5, 5.41) is 3.71. The Morgan fingerprint density at radius 1 is 1.15 bits per heavy atom. The van der Waals surface area contributed by atoms with Gasteiger partial charge in [-0.3, -0.25) is 4.79 Å². The van der Waals surface area contributed by atoms with Crippen LogP contribution < -0.4 is 4.72 Å². The van der Waals surface area contributed by atoms with Crippen LogP contribution in [-0.4, -0.2) is 37.5 Å².